The lowest BCUT2D eigenvalue weighted by molar-refractivity contribution is -0.132. The van der Waals surface area contributed by atoms with Gasteiger partial charge in [-0.1, -0.05) is 54.7 Å². The first kappa shape index (κ1) is 21.4. The molecule has 1 N–H and O–H groups in total. The average molecular weight is 365 g/mol. The zero-order chi connectivity index (χ0) is 19.0. The second-order valence-corrected chi connectivity index (χ2v) is 7.19. The fourth-order valence-corrected chi connectivity index (χ4v) is 2.98. The molecule has 0 spiro atoms. The maximum Gasteiger partial charge on any atom is 0.233 e. The second kappa shape index (κ2) is 10.4. The Balaban J connectivity index is 2.89. The van der Waals surface area contributed by atoms with Gasteiger partial charge in [-0.25, -0.2) is 0 Å². The highest BCUT2D eigenvalue weighted by Gasteiger charge is 2.33. The third kappa shape index (κ3) is 6.32. The van der Waals surface area contributed by atoms with Gasteiger partial charge in [0, 0.05) is 5.57 Å². The molecule has 3 nitrogen and oxygen atoms in total. The molecule has 0 heterocycles. The summed E-state index contributed by atoms with van der Waals surface area (Å²) in [4.78, 5) is 24.7. The van der Waals surface area contributed by atoms with Crippen LogP contribution in [-0.4, -0.2) is 16.7 Å². The highest BCUT2D eigenvalue weighted by molar-refractivity contribution is 6.53. The molecule has 138 valence electrons. The summed E-state index contributed by atoms with van der Waals surface area (Å²) >= 11 is 6.17. The van der Waals surface area contributed by atoms with Crippen molar-refractivity contribution >= 4 is 23.2 Å². The first-order chi connectivity index (χ1) is 11.8. The standard InChI is InChI=1S/C21H29ClO3/c1-5-6-7-11-16-18(22)19(23)17(21(25)20(16)24)13-12-15(4)10-8-9-14(2)3/h9,12,23H,5-8,10-11,13H2,1-4H3/b15-12+. The smallest absolute Gasteiger partial charge is 0.233 e. The SMILES string of the molecule is CCCCCC1=C(Cl)C(O)=C(C/C=C(\C)CCC=C(C)C)C(=O)C1=O. The van der Waals surface area contributed by atoms with Crippen molar-refractivity contribution in [2.45, 2.75) is 72.6 Å². The molecular formula is C21H29ClO3. The number of allylic oxidation sites excluding steroid dienone is 7. The second-order valence-electron chi connectivity index (χ2n) is 6.81. The molecule has 25 heavy (non-hydrogen) atoms. The van der Waals surface area contributed by atoms with Gasteiger partial charge in [-0.2, -0.15) is 0 Å². The van der Waals surface area contributed by atoms with E-state index in [4.69, 9.17) is 11.6 Å². The Bertz CT molecular complexity index is 644. The number of unbranched alkanes of at least 4 members (excludes halogenated alkanes) is 2. The summed E-state index contributed by atoms with van der Waals surface area (Å²) in [5, 5.41) is 10.3. The van der Waals surface area contributed by atoms with Gasteiger partial charge in [0.25, 0.3) is 0 Å². The van der Waals surface area contributed by atoms with Crippen LogP contribution in [0.25, 0.3) is 0 Å². The molecule has 0 aromatic carbocycles. The minimum Gasteiger partial charge on any atom is -0.506 e. The zero-order valence-electron chi connectivity index (χ0n) is 15.7. The summed E-state index contributed by atoms with van der Waals surface area (Å²) < 4.78 is 0. The summed E-state index contributed by atoms with van der Waals surface area (Å²) in [7, 11) is 0. The van der Waals surface area contributed by atoms with E-state index in [1.807, 2.05) is 13.0 Å². The van der Waals surface area contributed by atoms with Crippen LogP contribution in [-0.2, 0) is 9.59 Å². The van der Waals surface area contributed by atoms with Crippen molar-refractivity contribution in [3.05, 3.63) is 45.2 Å². The summed E-state index contributed by atoms with van der Waals surface area (Å²) in [6.07, 6.45) is 9.29. The first-order valence-corrected chi connectivity index (χ1v) is 9.36. The number of halogens is 1. The fourth-order valence-electron chi connectivity index (χ4n) is 2.69. The zero-order valence-corrected chi connectivity index (χ0v) is 16.5. The van der Waals surface area contributed by atoms with Crippen LogP contribution in [0.3, 0.4) is 0 Å². The number of ketones is 2. The van der Waals surface area contributed by atoms with Crippen molar-refractivity contribution in [3.63, 3.8) is 0 Å². The summed E-state index contributed by atoms with van der Waals surface area (Å²) in [5.41, 5.74) is 2.75. The van der Waals surface area contributed by atoms with Crippen LogP contribution in [0.15, 0.2) is 45.2 Å². The van der Waals surface area contributed by atoms with Crippen LogP contribution in [0, 0.1) is 0 Å². The molecule has 0 saturated carbocycles. The third-order valence-corrected chi connectivity index (χ3v) is 4.70. The molecule has 0 radical (unpaired) electrons. The van der Waals surface area contributed by atoms with Crippen LogP contribution in [0.4, 0.5) is 0 Å². The summed E-state index contributed by atoms with van der Waals surface area (Å²) in [6, 6.07) is 0. The average Bonchev–Trinajstić information content (AvgIpc) is 2.56. The predicted molar refractivity (Wildman–Crippen MR) is 104 cm³/mol. The van der Waals surface area contributed by atoms with Gasteiger partial charge in [-0.05, 0) is 52.9 Å². The molecule has 0 saturated heterocycles. The molecule has 0 atom stereocenters. The third-order valence-electron chi connectivity index (χ3n) is 4.29. The minimum atomic E-state index is -0.623. The van der Waals surface area contributed by atoms with Crippen LogP contribution in [0.2, 0.25) is 0 Å². The number of carbonyl (C=O) groups excluding carboxylic acids is 2. The van der Waals surface area contributed by atoms with Gasteiger partial charge in [-0.3, -0.25) is 9.59 Å². The highest BCUT2D eigenvalue weighted by Crippen LogP contribution is 2.32. The lowest BCUT2D eigenvalue weighted by Gasteiger charge is -2.17. The Morgan fingerprint density at radius 2 is 1.68 bits per heavy atom. The molecule has 0 bridgehead atoms. The molecule has 0 aromatic rings. The van der Waals surface area contributed by atoms with Crippen LogP contribution in [0.1, 0.15) is 72.6 Å². The molecule has 1 aliphatic carbocycles. The van der Waals surface area contributed by atoms with Crippen molar-refractivity contribution in [2.75, 3.05) is 0 Å². The Morgan fingerprint density at radius 3 is 2.28 bits per heavy atom. The highest BCUT2D eigenvalue weighted by atomic mass is 35.5. The molecule has 1 aliphatic rings. The van der Waals surface area contributed by atoms with Gasteiger partial charge in [0.2, 0.25) is 11.6 Å². The Kier molecular flexibility index (Phi) is 8.91. The van der Waals surface area contributed by atoms with Crippen molar-refractivity contribution in [1.29, 1.82) is 0 Å². The number of hydrogen-bond donors (Lipinski definition) is 1. The van der Waals surface area contributed by atoms with Gasteiger partial charge in [0.15, 0.2) is 0 Å². The van der Waals surface area contributed by atoms with Gasteiger partial charge in [-0.15, -0.1) is 0 Å². The van der Waals surface area contributed by atoms with Gasteiger partial charge >= 0.3 is 0 Å². The topological polar surface area (TPSA) is 54.4 Å². The molecule has 0 aromatic heterocycles. The normalized spacial score (nSPS) is 16.0. The molecule has 0 amide bonds. The maximum atomic E-state index is 12.3. The van der Waals surface area contributed by atoms with E-state index in [1.165, 1.54) is 5.57 Å². The molecule has 4 heteroatoms. The molecule has 0 unspecified atom stereocenters. The molecule has 0 fully saturated rings. The molecular weight excluding hydrogens is 336 g/mol. The Morgan fingerprint density at radius 1 is 1.04 bits per heavy atom. The Labute approximate surface area is 156 Å². The van der Waals surface area contributed by atoms with Gasteiger partial charge in [0.1, 0.15) is 5.76 Å². The van der Waals surface area contributed by atoms with Crippen molar-refractivity contribution < 1.29 is 14.7 Å². The lowest BCUT2D eigenvalue weighted by Crippen LogP contribution is -2.25. The summed E-state index contributed by atoms with van der Waals surface area (Å²) in [5.74, 6) is -1.42. The number of aliphatic hydroxyl groups excluding tert-OH is 1. The lowest BCUT2D eigenvalue weighted by atomic mass is 9.89. The number of Topliss-reactive ketones (excluding diaryl/α,β-unsaturated/α-hetero) is 2. The van der Waals surface area contributed by atoms with Crippen LogP contribution < -0.4 is 0 Å². The number of rotatable bonds is 9. The van der Waals surface area contributed by atoms with E-state index in [2.05, 4.69) is 26.8 Å². The van der Waals surface area contributed by atoms with E-state index in [0.717, 1.165) is 37.7 Å². The van der Waals surface area contributed by atoms with E-state index < -0.39 is 11.6 Å². The van der Waals surface area contributed by atoms with E-state index >= 15 is 0 Å². The Hall–Kier alpha value is -1.61. The van der Waals surface area contributed by atoms with Gasteiger partial charge < -0.3 is 5.11 Å². The largest absolute Gasteiger partial charge is 0.506 e. The van der Waals surface area contributed by atoms with Crippen molar-refractivity contribution in [2.24, 2.45) is 0 Å². The molecule has 0 aliphatic heterocycles. The first-order valence-electron chi connectivity index (χ1n) is 8.98. The van der Waals surface area contributed by atoms with Gasteiger partial charge in [0.05, 0.1) is 10.6 Å². The maximum absolute atomic E-state index is 12.3. The van der Waals surface area contributed by atoms with E-state index in [1.54, 1.807) is 0 Å². The monoisotopic (exact) mass is 364 g/mol. The predicted octanol–water partition coefficient (Wildman–Crippen LogP) is 6.11. The number of aliphatic hydroxyl groups is 1. The number of hydrogen-bond acceptors (Lipinski definition) is 3. The van der Waals surface area contributed by atoms with E-state index in [9.17, 15) is 14.7 Å². The van der Waals surface area contributed by atoms with E-state index in [0.29, 0.717) is 6.42 Å². The van der Waals surface area contributed by atoms with Crippen LogP contribution >= 0.6 is 11.6 Å². The van der Waals surface area contributed by atoms with Crippen LogP contribution in [0.5, 0.6) is 0 Å². The molecule has 1 rings (SSSR count). The minimum absolute atomic E-state index is 0.0475. The summed E-state index contributed by atoms with van der Waals surface area (Å²) in [6.45, 7) is 8.16. The van der Waals surface area contributed by atoms with Crippen molar-refractivity contribution in [3.8, 4) is 0 Å². The van der Waals surface area contributed by atoms with E-state index in [-0.39, 0.29) is 28.4 Å². The quantitative estimate of drug-likeness (QED) is 0.232. The number of carbonyl (C=O) groups is 2. The van der Waals surface area contributed by atoms with Crippen molar-refractivity contribution in [1.82, 2.24) is 0 Å². The fraction of sp³-hybridized carbons (Fsp3) is 0.524.